The molecule has 0 unspecified atom stereocenters. The van der Waals surface area contributed by atoms with Gasteiger partial charge in [-0.1, -0.05) is 26.2 Å². The normalized spacial score (nSPS) is 12.3. The van der Waals surface area contributed by atoms with E-state index in [1.165, 1.54) is 10.8 Å². The highest BCUT2D eigenvalue weighted by Gasteiger charge is 2.20. The van der Waals surface area contributed by atoms with Crippen LogP contribution in [0.2, 0.25) is 0 Å². The molecule has 0 spiro atoms. The Bertz CT molecular complexity index is 677. The van der Waals surface area contributed by atoms with E-state index in [1.807, 2.05) is 0 Å². The van der Waals surface area contributed by atoms with Crippen molar-refractivity contribution < 1.29 is 17.9 Å². The first-order valence-corrected chi connectivity index (χ1v) is 10.7. The van der Waals surface area contributed by atoms with E-state index in [0.717, 1.165) is 19.3 Å². The van der Waals surface area contributed by atoms with Gasteiger partial charge in [0.05, 0.1) is 11.4 Å². The van der Waals surface area contributed by atoms with Crippen molar-refractivity contribution in [3.05, 3.63) is 11.9 Å². The summed E-state index contributed by atoms with van der Waals surface area (Å²) in [7, 11) is -3.23. The molecule has 26 heavy (non-hydrogen) atoms. The second kappa shape index (κ2) is 9.91. The molecule has 1 rings (SSSR count). The Hall–Kier alpha value is -1.61. The molecule has 0 fully saturated rings. The Labute approximate surface area is 156 Å². The average Bonchev–Trinajstić information content (AvgIpc) is 2.88. The van der Waals surface area contributed by atoms with Crippen LogP contribution < -0.4 is 10.5 Å². The lowest BCUT2D eigenvalue weighted by molar-refractivity contribution is 0.0540. The van der Waals surface area contributed by atoms with Gasteiger partial charge in [0.25, 0.3) is 0 Å². The molecule has 0 aliphatic carbocycles. The summed E-state index contributed by atoms with van der Waals surface area (Å²) in [5.41, 5.74) is 5.75. The molecular weight excluding hydrogens is 356 g/mol. The second-order valence-electron chi connectivity index (χ2n) is 7.32. The number of ether oxygens (including phenoxy) is 1. The van der Waals surface area contributed by atoms with E-state index in [0.29, 0.717) is 31.5 Å². The zero-order valence-corrected chi connectivity index (χ0v) is 17.1. The van der Waals surface area contributed by atoms with Gasteiger partial charge in [0.15, 0.2) is 0 Å². The third-order valence-electron chi connectivity index (χ3n) is 3.57. The van der Waals surface area contributed by atoms with Crippen molar-refractivity contribution in [2.24, 2.45) is 0 Å². The van der Waals surface area contributed by atoms with E-state index in [2.05, 4.69) is 16.6 Å². The monoisotopic (exact) mass is 388 g/mol. The molecule has 150 valence electrons. The van der Waals surface area contributed by atoms with Crippen LogP contribution in [-0.4, -0.2) is 42.0 Å². The number of anilines is 1. The predicted molar refractivity (Wildman–Crippen MR) is 103 cm³/mol. The number of sulfonamides is 1. The minimum atomic E-state index is -3.23. The van der Waals surface area contributed by atoms with E-state index in [1.54, 1.807) is 20.8 Å². The molecule has 0 aromatic carbocycles. The molecule has 1 heterocycles. The lowest BCUT2D eigenvalue weighted by Crippen LogP contribution is -2.27. The van der Waals surface area contributed by atoms with E-state index in [9.17, 15) is 13.2 Å². The molecule has 0 aliphatic heterocycles. The van der Waals surface area contributed by atoms with E-state index >= 15 is 0 Å². The molecule has 0 atom stereocenters. The fraction of sp³-hybridized carbons (Fsp3) is 0.765. The van der Waals surface area contributed by atoms with Crippen molar-refractivity contribution in [1.82, 2.24) is 14.3 Å². The Morgan fingerprint density at radius 2 is 1.96 bits per heavy atom. The quantitative estimate of drug-likeness (QED) is 0.595. The summed E-state index contributed by atoms with van der Waals surface area (Å²) >= 11 is 0. The number of carbonyl (C=O) groups is 1. The van der Waals surface area contributed by atoms with Crippen molar-refractivity contribution in [2.45, 2.75) is 71.8 Å². The van der Waals surface area contributed by atoms with Crippen molar-refractivity contribution in [2.75, 3.05) is 18.0 Å². The maximum atomic E-state index is 12.0. The van der Waals surface area contributed by atoms with Crippen molar-refractivity contribution in [1.29, 1.82) is 0 Å². The summed E-state index contributed by atoms with van der Waals surface area (Å²) in [6, 6.07) is 0. The number of rotatable bonds is 10. The number of aryl methyl sites for hydroxylation is 1. The van der Waals surface area contributed by atoms with Crippen molar-refractivity contribution in [3.63, 3.8) is 0 Å². The van der Waals surface area contributed by atoms with Crippen LogP contribution in [0, 0.1) is 0 Å². The lowest BCUT2D eigenvalue weighted by Gasteiger charge is -2.19. The van der Waals surface area contributed by atoms with Gasteiger partial charge in [0.1, 0.15) is 5.60 Å². The summed E-state index contributed by atoms with van der Waals surface area (Å²) in [5, 5.41) is 0. The number of nitrogens with two attached hydrogens (primary N) is 1. The third-order valence-corrected chi connectivity index (χ3v) is 5.04. The zero-order chi connectivity index (χ0) is 19.8. The number of nitrogen functional groups attached to an aromatic ring is 1. The number of imidazole rings is 1. The van der Waals surface area contributed by atoms with Gasteiger partial charge in [-0.2, -0.15) is 0 Å². The molecule has 0 bridgehead atoms. The molecule has 1 aromatic heterocycles. The molecule has 9 heteroatoms. The molecule has 0 amide bonds. The number of carbonyl (C=O) groups excluding carboxylic acids is 1. The summed E-state index contributed by atoms with van der Waals surface area (Å²) in [6.45, 7) is 7.73. The number of nitrogens with zero attached hydrogens (tertiary/aromatic N) is 2. The molecule has 1 aromatic rings. The topological polar surface area (TPSA) is 116 Å². The van der Waals surface area contributed by atoms with Gasteiger partial charge < -0.3 is 10.5 Å². The average molecular weight is 389 g/mol. The highest BCUT2D eigenvalue weighted by Crippen LogP contribution is 2.13. The number of hydrogen-bond donors (Lipinski definition) is 2. The lowest BCUT2D eigenvalue weighted by atomic mass is 10.2. The standard InChI is InChI=1S/C17H32N4O4S/c1-5-6-7-8-12-26(23,24)19-11-9-10-14-13-21(15(18)20-14)16(22)25-17(2,3)4/h13,19H,5-12H2,1-4H3,(H2,18,20). The van der Waals surface area contributed by atoms with Gasteiger partial charge in [0.2, 0.25) is 16.0 Å². The third kappa shape index (κ3) is 8.66. The Balaban J connectivity index is 2.42. The Morgan fingerprint density at radius 3 is 2.58 bits per heavy atom. The van der Waals surface area contributed by atoms with Gasteiger partial charge in [0, 0.05) is 12.7 Å². The molecular formula is C17H32N4O4S. The molecule has 0 saturated carbocycles. The smallest absolute Gasteiger partial charge is 0.421 e. The van der Waals surface area contributed by atoms with Gasteiger partial charge in [-0.3, -0.25) is 0 Å². The van der Waals surface area contributed by atoms with Gasteiger partial charge in [-0.25, -0.2) is 27.5 Å². The van der Waals surface area contributed by atoms with E-state index in [4.69, 9.17) is 10.5 Å². The van der Waals surface area contributed by atoms with Crippen molar-refractivity contribution in [3.8, 4) is 0 Å². The highest BCUT2D eigenvalue weighted by molar-refractivity contribution is 7.89. The van der Waals surface area contributed by atoms with Gasteiger partial charge >= 0.3 is 6.09 Å². The number of nitrogens with one attached hydrogen (secondary N) is 1. The summed E-state index contributed by atoms with van der Waals surface area (Å²) in [6.07, 6.45) is 5.77. The maximum Gasteiger partial charge on any atom is 0.421 e. The predicted octanol–water partition coefficient (Wildman–Crippen LogP) is 2.68. The van der Waals surface area contributed by atoms with Crippen LogP contribution in [0.25, 0.3) is 0 Å². The molecule has 8 nitrogen and oxygen atoms in total. The highest BCUT2D eigenvalue weighted by atomic mass is 32.2. The fourth-order valence-corrected chi connectivity index (χ4v) is 3.49. The van der Waals surface area contributed by atoms with Gasteiger partial charge in [-0.05, 0) is 40.0 Å². The number of hydrogen-bond acceptors (Lipinski definition) is 6. The molecule has 0 saturated heterocycles. The first-order chi connectivity index (χ1) is 12.0. The van der Waals surface area contributed by atoms with Crippen LogP contribution in [0.3, 0.4) is 0 Å². The summed E-state index contributed by atoms with van der Waals surface area (Å²) in [5.74, 6) is 0.221. The molecule has 0 radical (unpaired) electrons. The number of unbranched alkanes of at least 4 members (excludes halogenated alkanes) is 3. The van der Waals surface area contributed by atoms with Crippen molar-refractivity contribution >= 4 is 22.1 Å². The Kier molecular flexibility index (Phi) is 8.55. The Morgan fingerprint density at radius 1 is 1.27 bits per heavy atom. The summed E-state index contributed by atoms with van der Waals surface area (Å²) < 4.78 is 32.8. The maximum absolute atomic E-state index is 12.0. The summed E-state index contributed by atoms with van der Waals surface area (Å²) in [4.78, 5) is 16.2. The largest absolute Gasteiger partial charge is 0.443 e. The van der Waals surface area contributed by atoms with Crippen LogP contribution >= 0.6 is 0 Å². The minimum absolute atomic E-state index is 0.0609. The second-order valence-corrected chi connectivity index (χ2v) is 9.24. The zero-order valence-electron chi connectivity index (χ0n) is 16.2. The minimum Gasteiger partial charge on any atom is -0.443 e. The van der Waals surface area contributed by atoms with Crippen LogP contribution in [0.4, 0.5) is 10.7 Å². The van der Waals surface area contributed by atoms with Crippen LogP contribution in [0.1, 0.15) is 65.5 Å². The van der Waals surface area contributed by atoms with Crippen LogP contribution in [0.5, 0.6) is 0 Å². The van der Waals surface area contributed by atoms with E-state index < -0.39 is 21.7 Å². The SMILES string of the molecule is CCCCCCS(=O)(=O)NCCCc1cn(C(=O)OC(C)(C)C)c(N)n1. The first kappa shape index (κ1) is 22.4. The van der Waals surface area contributed by atoms with Gasteiger partial charge in [-0.15, -0.1) is 0 Å². The number of aromatic nitrogens is 2. The van der Waals surface area contributed by atoms with Crippen LogP contribution in [-0.2, 0) is 21.2 Å². The van der Waals surface area contributed by atoms with E-state index in [-0.39, 0.29) is 11.7 Å². The molecule has 3 N–H and O–H groups in total. The van der Waals surface area contributed by atoms with Crippen LogP contribution in [0.15, 0.2) is 6.20 Å². The fourth-order valence-electron chi connectivity index (χ4n) is 2.31. The molecule has 0 aliphatic rings. The first-order valence-electron chi connectivity index (χ1n) is 9.08.